The summed E-state index contributed by atoms with van der Waals surface area (Å²) in [7, 11) is 0. The summed E-state index contributed by atoms with van der Waals surface area (Å²) in [5, 5.41) is 4.58. The van der Waals surface area contributed by atoms with E-state index in [1.807, 2.05) is 12.1 Å². The van der Waals surface area contributed by atoms with Crippen LogP contribution in [0.1, 0.15) is 39.2 Å². The van der Waals surface area contributed by atoms with Gasteiger partial charge in [0.15, 0.2) is 0 Å². The maximum Gasteiger partial charge on any atom is 0.0438 e. The summed E-state index contributed by atoms with van der Waals surface area (Å²) in [5.74, 6) is 0. The first-order valence-electron chi connectivity index (χ1n) is 6.51. The second kappa shape index (κ2) is 4.99. The summed E-state index contributed by atoms with van der Waals surface area (Å²) in [6.45, 7) is 6.91. The van der Waals surface area contributed by atoms with Crippen molar-refractivity contribution in [3.8, 4) is 0 Å². The van der Waals surface area contributed by atoms with Crippen LogP contribution in [0.15, 0.2) is 24.3 Å². The van der Waals surface area contributed by atoms with E-state index in [0.29, 0.717) is 17.5 Å². The fourth-order valence-corrected chi connectivity index (χ4v) is 2.52. The molecular formula is C15H22ClN. The molecule has 0 spiro atoms. The summed E-state index contributed by atoms with van der Waals surface area (Å²) >= 11 is 6.18. The van der Waals surface area contributed by atoms with Crippen molar-refractivity contribution in [1.82, 2.24) is 5.32 Å². The van der Waals surface area contributed by atoms with Gasteiger partial charge in [-0.05, 0) is 50.2 Å². The molecule has 0 amide bonds. The Morgan fingerprint density at radius 3 is 2.53 bits per heavy atom. The lowest BCUT2D eigenvalue weighted by Gasteiger charge is -2.25. The monoisotopic (exact) mass is 251 g/mol. The van der Waals surface area contributed by atoms with Gasteiger partial charge in [0.1, 0.15) is 0 Å². The maximum absolute atomic E-state index is 6.18. The Morgan fingerprint density at radius 2 is 1.94 bits per heavy atom. The minimum Gasteiger partial charge on any atom is -0.311 e. The van der Waals surface area contributed by atoms with Gasteiger partial charge in [0.25, 0.3) is 0 Å². The van der Waals surface area contributed by atoms with Gasteiger partial charge < -0.3 is 5.32 Å². The zero-order valence-electron chi connectivity index (χ0n) is 11.0. The number of rotatable bonds is 5. The van der Waals surface area contributed by atoms with Crippen molar-refractivity contribution in [1.29, 1.82) is 0 Å². The fraction of sp³-hybridized carbons (Fsp3) is 0.600. The van der Waals surface area contributed by atoms with Crippen LogP contribution in [0.5, 0.6) is 0 Å². The average molecular weight is 252 g/mol. The Hall–Kier alpha value is -0.530. The highest BCUT2D eigenvalue weighted by Gasteiger charge is 2.42. The van der Waals surface area contributed by atoms with E-state index in [0.717, 1.165) is 11.4 Å². The van der Waals surface area contributed by atoms with Crippen LogP contribution in [0.3, 0.4) is 0 Å². The van der Waals surface area contributed by atoms with Crippen LogP contribution in [-0.4, -0.2) is 12.1 Å². The van der Waals surface area contributed by atoms with Crippen LogP contribution in [0.2, 0.25) is 5.02 Å². The van der Waals surface area contributed by atoms with Crippen LogP contribution >= 0.6 is 11.6 Å². The minimum atomic E-state index is 0.474. The van der Waals surface area contributed by atoms with Crippen LogP contribution in [-0.2, 0) is 6.42 Å². The SMILES string of the molecule is CC(Cc1ccccc1Cl)NC(C)C1(C)CC1. The van der Waals surface area contributed by atoms with Gasteiger partial charge in [0, 0.05) is 17.1 Å². The molecule has 1 saturated carbocycles. The highest BCUT2D eigenvalue weighted by atomic mass is 35.5. The van der Waals surface area contributed by atoms with E-state index in [4.69, 9.17) is 11.6 Å². The van der Waals surface area contributed by atoms with Crippen molar-refractivity contribution < 1.29 is 0 Å². The number of halogens is 1. The molecule has 94 valence electrons. The highest BCUT2D eigenvalue weighted by molar-refractivity contribution is 6.31. The smallest absolute Gasteiger partial charge is 0.0438 e. The van der Waals surface area contributed by atoms with Gasteiger partial charge >= 0.3 is 0 Å². The lowest BCUT2D eigenvalue weighted by atomic mass is 9.98. The lowest BCUT2D eigenvalue weighted by Crippen LogP contribution is -2.40. The molecule has 0 aliphatic heterocycles. The molecule has 1 N–H and O–H groups in total. The molecule has 1 aliphatic rings. The summed E-state index contributed by atoms with van der Waals surface area (Å²) < 4.78 is 0. The van der Waals surface area contributed by atoms with Gasteiger partial charge in [0.05, 0.1) is 0 Å². The summed E-state index contributed by atoms with van der Waals surface area (Å²) in [6.07, 6.45) is 3.72. The Bertz CT molecular complexity index is 384. The van der Waals surface area contributed by atoms with Crippen LogP contribution in [0.25, 0.3) is 0 Å². The van der Waals surface area contributed by atoms with Crippen molar-refractivity contribution in [3.05, 3.63) is 34.9 Å². The number of nitrogens with one attached hydrogen (secondary N) is 1. The van der Waals surface area contributed by atoms with E-state index in [9.17, 15) is 0 Å². The normalized spacial score (nSPS) is 20.9. The Kier molecular flexibility index (Phi) is 3.79. The van der Waals surface area contributed by atoms with Crippen LogP contribution in [0, 0.1) is 5.41 Å². The molecule has 0 aromatic heterocycles. The predicted molar refractivity (Wildman–Crippen MR) is 74.6 cm³/mol. The zero-order chi connectivity index (χ0) is 12.5. The topological polar surface area (TPSA) is 12.0 Å². The molecule has 1 nitrogen and oxygen atoms in total. The molecule has 0 heterocycles. The molecule has 17 heavy (non-hydrogen) atoms. The standard InChI is InChI=1S/C15H22ClN/c1-11(17-12(2)15(3)8-9-15)10-13-6-4-5-7-14(13)16/h4-7,11-12,17H,8-10H2,1-3H3. The quantitative estimate of drug-likeness (QED) is 0.833. The van der Waals surface area contributed by atoms with Crippen molar-refractivity contribution in [2.45, 2.75) is 52.1 Å². The van der Waals surface area contributed by atoms with Crippen molar-refractivity contribution in [2.24, 2.45) is 5.41 Å². The van der Waals surface area contributed by atoms with Gasteiger partial charge in [-0.15, -0.1) is 0 Å². The first kappa shape index (κ1) is 12.9. The first-order valence-corrected chi connectivity index (χ1v) is 6.88. The van der Waals surface area contributed by atoms with Gasteiger partial charge in [0.2, 0.25) is 0 Å². The molecule has 2 heteroatoms. The molecule has 2 rings (SSSR count). The molecule has 0 radical (unpaired) electrons. The minimum absolute atomic E-state index is 0.474. The Labute approximate surface area is 110 Å². The van der Waals surface area contributed by atoms with Gasteiger partial charge in [-0.2, -0.15) is 0 Å². The van der Waals surface area contributed by atoms with Gasteiger partial charge in [-0.3, -0.25) is 0 Å². The molecule has 1 fully saturated rings. The predicted octanol–water partition coefficient (Wildman–Crippen LogP) is 4.05. The molecular weight excluding hydrogens is 230 g/mol. The molecule has 2 unspecified atom stereocenters. The Balaban J connectivity index is 1.89. The second-order valence-corrected chi connectivity index (χ2v) is 6.15. The van der Waals surface area contributed by atoms with Gasteiger partial charge in [-0.25, -0.2) is 0 Å². The molecule has 2 atom stereocenters. The molecule has 0 bridgehead atoms. The largest absolute Gasteiger partial charge is 0.311 e. The van der Waals surface area contributed by atoms with E-state index in [1.165, 1.54) is 18.4 Å². The zero-order valence-corrected chi connectivity index (χ0v) is 11.7. The van der Waals surface area contributed by atoms with E-state index >= 15 is 0 Å². The van der Waals surface area contributed by atoms with E-state index in [1.54, 1.807) is 0 Å². The summed E-state index contributed by atoms with van der Waals surface area (Å²) in [4.78, 5) is 0. The highest BCUT2D eigenvalue weighted by Crippen LogP contribution is 2.48. The number of hydrogen-bond donors (Lipinski definition) is 1. The molecule has 1 aromatic carbocycles. The molecule has 1 aromatic rings. The van der Waals surface area contributed by atoms with Crippen molar-refractivity contribution in [2.75, 3.05) is 0 Å². The van der Waals surface area contributed by atoms with Crippen molar-refractivity contribution in [3.63, 3.8) is 0 Å². The average Bonchev–Trinajstić information content (AvgIpc) is 3.01. The third-order valence-electron chi connectivity index (χ3n) is 4.10. The lowest BCUT2D eigenvalue weighted by molar-refractivity contribution is 0.346. The first-order chi connectivity index (χ1) is 8.01. The van der Waals surface area contributed by atoms with E-state index in [-0.39, 0.29) is 0 Å². The third-order valence-corrected chi connectivity index (χ3v) is 4.47. The third kappa shape index (κ3) is 3.23. The molecule has 0 saturated heterocycles. The number of hydrogen-bond acceptors (Lipinski definition) is 1. The fourth-order valence-electron chi connectivity index (χ4n) is 2.31. The van der Waals surface area contributed by atoms with Crippen LogP contribution < -0.4 is 5.32 Å². The molecule has 1 aliphatic carbocycles. The maximum atomic E-state index is 6.18. The van der Waals surface area contributed by atoms with Gasteiger partial charge in [-0.1, -0.05) is 36.7 Å². The summed E-state index contributed by atoms with van der Waals surface area (Å²) in [6, 6.07) is 9.19. The van der Waals surface area contributed by atoms with Crippen molar-refractivity contribution >= 4 is 11.6 Å². The number of benzene rings is 1. The van der Waals surface area contributed by atoms with E-state index < -0.39 is 0 Å². The van der Waals surface area contributed by atoms with Crippen LogP contribution in [0.4, 0.5) is 0 Å². The second-order valence-electron chi connectivity index (χ2n) is 5.74. The summed E-state index contributed by atoms with van der Waals surface area (Å²) in [5.41, 5.74) is 1.77. The Morgan fingerprint density at radius 1 is 1.29 bits per heavy atom. The van der Waals surface area contributed by atoms with E-state index in [2.05, 4.69) is 38.2 Å².